The number of nitrogens with one attached hydrogen (secondary N) is 1. The van der Waals surface area contributed by atoms with Gasteiger partial charge in [-0.1, -0.05) is 24.6 Å². The molecule has 0 radical (unpaired) electrons. The minimum atomic E-state index is -0.996. The van der Waals surface area contributed by atoms with E-state index >= 15 is 0 Å². The molecule has 0 aromatic heterocycles. The number of thiol groups is 1. The molecule has 1 saturated heterocycles. The number of hydrogen-bond donors (Lipinski definition) is 4. The average molecular weight is 470 g/mol. The first-order chi connectivity index (χ1) is 14.9. The monoisotopic (exact) mass is 469 g/mol. The van der Waals surface area contributed by atoms with E-state index in [1.807, 2.05) is 36.6 Å². The molecule has 2 rings (SSSR count). The van der Waals surface area contributed by atoms with E-state index in [2.05, 4.69) is 22.8 Å². The summed E-state index contributed by atoms with van der Waals surface area (Å²) in [4.78, 5) is 26.7. The maximum atomic E-state index is 13.0. The Morgan fingerprint density at radius 1 is 1.32 bits per heavy atom. The van der Waals surface area contributed by atoms with E-state index in [-0.39, 0.29) is 18.1 Å². The Hall–Kier alpha value is -1.42. The van der Waals surface area contributed by atoms with Gasteiger partial charge in [0.2, 0.25) is 5.91 Å². The predicted molar refractivity (Wildman–Crippen MR) is 129 cm³/mol. The van der Waals surface area contributed by atoms with Crippen molar-refractivity contribution < 1.29 is 19.4 Å². The highest BCUT2D eigenvalue weighted by Gasteiger charge is 2.38. The minimum Gasteiger partial charge on any atom is -0.489 e. The van der Waals surface area contributed by atoms with Crippen molar-refractivity contribution in [2.24, 2.45) is 5.73 Å². The maximum absolute atomic E-state index is 13.0. The molecule has 7 nitrogen and oxygen atoms in total. The van der Waals surface area contributed by atoms with Crippen LogP contribution in [0.25, 0.3) is 0 Å². The molecule has 0 unspecified atom stereocenters. The zero-order valence-corrected chi connectivity index (χ0v) is 19.8. The van der Waals surface area contributed by atoms with E-state index in [4.69, 9.17) is 10.5 Å². The number of rotatable bonds is 14. The van der Waals surface area contributed by atoms with Gasteiger partial charge in [0.25, 0.3) is 0 Å². The Kier molecular flexibility index (Phi) is 11.6. The van der Waals surface area contributed by atoms with Gasteiger partial charge in [0.1, 0.15) is 17.9 Å². The van der Waals surface area contributed by atoms with Crippen LogP contribution in [-0.4, -0.2) is 77.0 Å². The normalized spacial score (nSPS) is 20.9. The van der Waals surface area contributed by atoms with Crippen LogP contribution in [0, 0.1) is 0 Å². The van der Waals surface area contributed by atoms with Crippen LogP contribution in [0.5, 0.6) is 5.75 Å². The van der Waals surface area contributed by atoms with E-state index in [0.717, 1.165) is 31.6 Å². The molecule has 0 spiro atoms. The van der Waals surface area contributed by atoms with Gasteiger partial charge in [0.05, 0.1) is 6.04 Å². The van der Waals surface area contributed by atoms with Gasteiger partial charge < -0.3 is 20.9 Å². The van der Waals surface area contributed by atoms with Crippen molar-refractivity contribution >= 4 is 36.3 Å². The Balaban J connectivity index is 1.99. The van der Waals surface area contributed by atoms with Gasteiger partial charge in [-0.05, 0) is 49.9 Å². The van der Waals surface area contributed by atoms with Crippen LogP contribution in [0.4, 0.5) is 0 Å². The molecule has 1 fully saturated rings. The molecule has 0 bridgehead atoms. The quantitative estimate of drug-likeness (QED) is 0.245. The fourth-order valence-corrected chi connectivity index (χ4v) is 4.39. The van der Waals surface area contributed by atoms with Crippen molar-refractivity contribution in [3.05, 3.63) is 30.3 Å². The summed E-state index contributed by atoms with van der Waals surface area (Å²) in [5, 5.41) is 12.2. The third kappa shape index (κ3) is 8.92. The second-order valence-corrected chi connectivity index (χ2v) is 9.27. The fourth-order valence-electron chi connectivity index (χ4n) is 3.73. The van der Waals surface area contributed by atoms with E-state index in [1.165, 1.54) is 0 Å². The number of hydrogen-bond acceptors (Lipinski definition) is 7. The number of unbranched alkanes of at least 4 members (excludes halogenated alkanes) is 1. The lowest BCUT2D eigenvalue weighted by molar-refractivity contribution is -0.142. The van der Waals surface area contributed by atoms with Crippen LogP contribution in [0.15, 0.2) is 30.3 Å². The Bertz CT molecular complexity index is 680. The summed E-state index contributed by atoms with van der Waals surface area (Å²) >= 11 is 5.79. The molecule has 4 N–H and O–H groups in total. The minimum absolute atomic E-state index is 0.0860. The highest BCUT2D eigenvalue weighted by molar-refractivity contribution is 7.98. The van der Waals surface area contributed by atoms with Crippen LogP contribution >= 0.6 is 24.4 Å². The third-order valence-corrected chi connectivity index (χ3v) is 6.56. The van der Waals surface area contributed by atoms with E-state index in [0.29, 0.717) is 30.9 Å². The number of ether oxygens (including phenoxy) is 1. The number of carbonyl (C=O) groups is 2. The van der Waals surface area contributed by atoms with Crippen LogP contribution in [0.3, 0.4) is 0 Å². The lowest BCUT2D eigenvalue weighted by Gasteiger charge is -2.25. The summed E-state index contributed by atoms with van der Waals surface area (Å²) in [6.45, 7) is 1.38. The number of carbonyl (C=O) groups excluding carboxylic acids is 1. The average Bonchev–Trinajstić information content (AvgIpc) is 3.16. The van der Waals surface area contributed by atoms with Gasteiger partial charge >= 0.3 is 5.97 Å². The number of likely N-dealkylation sites (tertiary alicyclic amines) is 1. The van der Waals surface area contributed by atoms with Crippen LogP contribution < -0.4 is 15.8 Å². The zero-order valence-electron chi connectivity index (χ0n) is 18.1. The van der Waals surface area contributed by atoms with Crippen molar-refractivity contribution in [2.75, 3.05) is 30.9 Å². The highest BCUT2D eigenvalue weighted by atomic mass is 32.2. The van der Waals surface area contributed by atoms with Crippen LogP contribution in [-0.2, 0) is 9.59 Å². The number of benzene rings is 1. The highest BCUT2D eigenvalue weighted by Crippen LogP contribution is 2.24. The molecule has 31 heavy (non-hydrogen) atoms. The molecule has 0 aliphatic carbocycles. The summed E-state index contributed by atoms with van der Waals surface area (Å²) in [6.07, 6.45) is 5.51. The van der Waals surface area contributed by atoms with E-state index in [1.54, 1.807) is 11.8 Å². The Labute approximate surface area is 194 Å². The number of nitrogens with zero attached hydrogens (tertiary/aromatic N) is 1. The molecule has 1 aromatic carbocycles. The van der Waals surface area contributed by atoms with Gasteiger partial charge in [-0.25, -0.2) is 4.79 Å². The van der Waals surface area contributed by atoms with Gasteiger partial charge in [0.15, 0.2) is 0 Å². The molecular formula is C22H35N3O4S2. The van der Waals surface area contributed by atoms with Crippen molar-refractivity contribution in [3.63, 3.8) is 0 Å². The number of amides is 1. The lowest BCUT2D eigenvalue weighted by atomic mass is 10.1. The zero-order chi connectivity index (χ0) is 22.6. The van der Waals surface area contributed by atoms with Crippen LogP contribution in [0.2, 0.25) is 0 Å². The van der Waals surface area contributed by atoms with Crippen molar-refractivity contribution in [3.8, 4) is 5.75 Å². The molecule has 1 amide bonds. The number of aliphatic carboxylic acids is 1. The lowest BCUT2D eigenvalue weighted by Crippen LogP contribution is -2.49. The van der Waals surface area contributed by atoms with E-state index in [9.17, 15) is 14.7 Å². The maximum Gasteiger partial charge on any atom is 0.326 e. The number of thioether (sulfide) groups is 1. The largest absolute Gasteiger partial charge is 0.489 e. The molecule has 9 heteroatoms. The molecular weight excluding hydrogens is 434 g/mol. The molecule has 1 aromatic rings. The van der Waals surface area contributed by atoms with Crippen molar-refractivity contribution in [2.45, 2.75) is 56.3 Å². The molecule has 1 aliphatic rings. The van der Waals surface area contributed by atoms with Crippen molar-refractivity contribution in [1.29, 1.82) is 0 Å². The van der Waals surface area contributed by atoms with Gasteiger partial charge in [-0.15, -0.1) is 0 Å². The number of carboxylic acid groups (broad SMARTS) is 1. The predicted octanol–water partition coefficient (Wildman–Crippen LogP) is 2.26. The Morgan fingerprint density at radius 2 is 2.06 bits per heavy atom. The molecule has 4 atom stereocenters. The van der Waals surface area contributed by atoms with Crippen molar-refractivity contribution in [1.82, 2.24) is 10.2 Å². The Morgan fingerprint density at radius 3 is 2.71 bits per heavy atom. The molecule has 0 saturated carbocycles. The summed E-state index contributed by atoms with van der Waals surface area (Å²) < 4.78 is 6.09. The molecule has 1 aliphatic heterocycles. The molecule has 174 valence electrons. The smallest absolute Gasteiger partial charge is 0.326 e. The fraction of sp³-hybridized carbons (Fsp3) is 0.636. The first-order valence-electron chi connectivity index (χ1n) is 10.8. The SMILES string of the molecule is CSCC[C@H](NC(=O)[C@@H]1C[C@H](Oc2ccccc2)CN1CCCC[C@@H](N)CS)C(=O)O. The number of para-hydroxylation sites is 1. The van der Waals surface area contributed by atoms with Gasteiger partial charge in [-0.3, -0.25) is 9.69 Å². The van der Waals surface area contributed by atoms with Gasteiger partial charge in [0, 0.05) is 24.8 Å². The first-order valence-corrected chi connectivity index (χ1v) is 12.8. The van der Waals surface area contributed by atoms with Crippen LogP contribution in [0.1, 0.15) is 32.1 Å². The van der Waals surface area contributed by atoms with Gasteiger partial charge in [-0.2, -0.15) is 24.4 Å². The summed E-state index contributed by atoms with van der Waals surface area (Å²) in [5.74, 6) is 0.881. The summed E-state index contributed by atoms with van der Waals surface area (Å²) in [5.41, 5.74) is 5.94. The molecule has 1 heterocycles. The third-order valence-electron chi connectivity index (χ3n) is 5.44. The summed E-state index contributed by atoms with van der Waals surface area (Å²) in [6, 6.07) is 8.38. The first kappa shape index (κ1) is 25.8. The number of carboxylic acids is 1. The second kappa shape index (κ2) is 13.9. The van der Waals surface area contributed by atoms with E-state index < -0.39 is 18.1 Å². The topological polar surface area (TPSA) is 105 Å². The summed E-state index contributed by atoms with van der Waals surface area (Å²) in [7, 11) is 0. The second-order valence-electron chi connectivity index (χ2n) is 7.92. The standard InChI is InChI=1S/C22H35N3O4S2/c1-31-12-10-19(22(27)28)24-21(26)20-13-18(29-17-8-3-2-4-9-17)14-25(20)11-6-5-7-16(23)15-30/h2-4,8-9,16,18-20,30H,5-7,10-15,23H2,1H3,(H,24,26)(H,27,28)/t16-,18+,19+,20+/m1/s1. The number of nitrogens with two attached hydrogens (primary N) is 1.